The van der Waals surface area contributed by atoms with Gasteiger partial charge in [0, 0.05) is 0 Å². The average molecular weight is 232 g/mol. The summed E-state index contributed by atoms with van der Waals surface area (Å²) in [6.45, 7) is 4.35. The van der Waals surface area contributed by atoms with E-state index in [1.54, 1.807) is 0 Å². The van der Waals surface area contributed by atoms with E-state index in [-0.39, 0.29) is 0 Å². The smallest absolute Gasteiger partial charge is 0.0148 e. The van der Waals surface area contributed by atoms with Gasteiger partial charge in [0.1, 0.15) is 0 Å². The van der Waals surface area contributed by atoms with Gasteiger partial charge in [-0.3, -0.25) is 0 Å². The van der Waals surface area contributed by atoms with E-state index < -0.39 is 0 Å². The van der Waals surface area contributed by atoms with Gasteiger partial charge in [-0.15, -0.1) is 0 Å². The maximum Gasteiger partial charge on any atom is -0.0148 e. The maximum absolute atomic E-state index is 2.25. The van der Waals surface area contributed by atoms with Crippen molar-refractivity contribution in [2.24, 2.45) is 0 Å². The SMILES string of the molecule is Cc1cccc(-c2ccc3ccccc3c2C)c1. The minimum atomic E-state index is 1.30. The van der Waals surface area contributed by atoms with Gasteiger partial charge in [0.05, 0.1) is 0 Å². The second-order valence-electron chi connectivity index (χ2n) is 4.83. The van der Waals surface area contributed by atoms with Gasteiger partial charge >= 0.3 is 0 Å². The Hall–Kier alpha value is -2.08. The number of fused-ring (bicyclic) bond motifs is 1. The van der Waals surface area contributed by atoms with Gasteiger partial charge in [0.2, 0.25) is 0 Å². The molecule has 0 amide bonds. The van der Waals surface area contributed by atoms with Crippen molar-refractivity contribution in [1.29, 1.82) is 0 Å². The quantitative estimate of drug-likeness (QED) is 0.546. The summed E-state index contributed by atoms with van der Waals surface area (Å²) in [7, 11) is 0. The second-order valence-corrected chi connectivity index (χ2v) is 4.83. The Labute approximate surface area is 108 Å². The first-order valence-corrected chi connectivity index (χ1v) is 6.31. The minimum Gasteiger partial charge on any atom is -0.0616 e. The van der Waals surface area contributed by atoms with Crippen molar-refractivity contribution >= 4 is 10.8 Å². The van der Waals surface area contributed by atoms with Gasteiger partial charge in [0.15, 0.2) is 0 Å². The molecule has 0 heteroatoms. The molecular formula is C18H16. The molecule has 0 aliphatic carbocycles. The van der Waals surface area contributed by atoms with Crippen LogP contribution in [-0.4, -0.2) is 0 Å². The highest BCUT2D eigenvalue weighted by Gasteiger charge is 2.05. The first-order valence-electron chi connectivity index (χ1n) is 6.31. The lowest BCUT2D eigenvalue weighted by Crippen LogP contribution is -1.86. The van der Waals surface area contributed by atoms with E-state index in [0.717, 1.165) is 0 Å². The summed E-state index contributed by atoms with van der Waals surface area (Å²) in [5.41, 5.74) is 5.30. The summed E-state index contributed by atoms with van der Waals surface area (Å²) in [5.74, 6) is 0. The first kappa shape index (κ1) is 11.0. The number of benzene rings is 3. The van der Waals surface area contributed by atoms with E-state index in [1.165, 1.54) is 33.0 Å². The average Bonchev–Trinajstić information content (AvgIpc) is 2.39. The van der Waals surface area contributed by atoms with Crippen LogP contribution in [0.5, 0.6) is 0 Å². The Morgan fingerprint density at radius 2 is 1.56 bits per heavy atom. The predicted molar refractivity (Wildman–Crippen MR) is 78.9 cm³/mol. The number of hydrogen-bond donors (Lipinski definition) is 0. The van der Waals surface area contributed by atoms with Gasteiger partial charge in [-0.25, -0.2) is 0 Å². The Morgan fingerprint density at radius 1 is 0.722 bits per heavy atom. The lowest BCUT2D eigenvalue weighted by atomic mass is 9.94. The van der Waals surface area contributed by atoms with E-state index >= 15 is 0 Å². The van der Waals surface area contributed by atoms with Crippen LogP contribution in [0.3, 0.4) is 0 Å². The number of rotatable bonds is 1. The fraction of sp³-hybridized carbons (Fsp3) is 0.111. The molecule has 0 bridgehead atoms. The van der Waals surface area contributed by atoms with Crippen LogP contribution in [0.4, 0.5) is 0 Å². The number of hydrogen-bond acceptors (Lipinski definition) is 0. The Bertz CT molecular complexity index is 708. The largest absolute Gasteiger partial charge is 0.0616 e. The molecule has 0 saturated carbocycles. The van der Waals surface area contributed by atoms with Crippen molar-refractivity contribution in [3.8, 4) is 11.1 Å². The minimum absolute atomic E-state index is 1.30. The summed E-state index contributed by atoms with van der Waals surface area (Å²) in [6, 6.07) is 21.7. The molecule has 0 N–H and O–H groups in total. The van der Waals surface area contributed by atoms with Gasteiger partial charge in [-0.2, -0.15) is 0 Å². The molecular weight excluding hydrogens is 216 g/mol. The van der Waals surface area contributed by atoms with Gasteiger partial charge in [0.25, 0.3) is 0 Å². The van der Waals surface area contributed by atoms with Crippen molar-refractivity contribution in [1.82, 2.24) is 0 Å². The molecule has 18 heavy (non-hydrogen) atoms. The molecule has 0 atom stereocenters. The summed E-state index contributed by atoms with van der Waals surface area (Å²) < 4.78 is 0. The normalized spacial score (nSPS) is 10.8. The first-order chi connectivity index (χ1) is 8.75. The fourth-order valence-electron chi connectivity index (χ4n) is 2.55. The van der Waals surface area contributed by atoms with Crippen molar-refractivity contribution in [3.63, 3.8) is 0 Å². The van der Waals surface area contributed by atoms with Crippen LogP contribution in [0.15, 0.2) is 60.7 Å². The summed E-state index contributed by atoms with van der Waals surface area (Å²) in [4.78, 5) is 0. The monoisotopic (exact) mass is 232 g/mol. The fourth-order valence-corrected chi connectivity index (χ4v) is 2.55. The van der Waals surface area contributed by atoms with Crippen molar-refractivity contribution in [3.05, 3.63) is 71.8 Å². The third-order valence-corrected chi connectivity index (χ3v) is 3.53. The zero-order valence-corrected chi connectivity index (χ0v) is 10.8. The lowest BCUT2D eigenvalue weighted by molar-refractivity contribution is 1.45. The molecule has 0 aliphatic heterocycles. The van der Waals surface area contributed by atoms with Gasteiger partial charge in [-0.1, -0.05) is 66.2 Å². The molecule has 0 aliphatic rings. The third kappa shape index (κ3) is 1.80. The van der Waals surface area contributed by atoms with Crippen LogP contribution in [0, 0.1) is 13.8 Å². The highest BCUT2D eigenvalue weighted by molar-refractivity contribution is 5.91. The summed E-state index contributed by atoms with van der Waals surface area (Å²) >= 11 is 0. The van der Waals surface area contributed by atoms with E-state index in [0.29, 0.717) is 0 Å². The van der Waals surface area contributed by atoms with Crippen LogP contribution < -0.4 is 0 Å². The van der Waals surface area contributed by atoms with Crippen LogP contribution in [0.1, 0.15) is 11.1 Å². The highest BCUT2D eigenvalue weighted by atomic mass is 14.1. The molecule has 0 unspecified atom stereocenters. The molecule has 3 aromatic carbocycles. The topological polar surface area (TPSA) is 0 Å². The molecule has 3 aromatic rings. The molecule has 3 rings (SSSR count). The summed E-state index contributed by atoms with van der Waals surface area (Å²) in [6.07, 6.45) is 0. The molecule has 0 fully saturated rings. The lowest BCUT2D eigenvalue weighted by Gasteiger charge is -2.10. The van der Waals surface area contributed by atoms with E-state index in [1.807, 2.05) is 0 Å². The Kier molecular flexibility index (Phi) is 2.64. The highest BCUT2D eigenvalue weighted by Crippen LogP contribution is 2.29. The van der Waals surface area contributed by atoms with Crippen molar-refractivity contribution < 1.29 is 0 Å². The van der Waals surface area contributed by atoms with Crippen molar-refractivity contribution in [2.45, 2.75) is 13.8 Å². The van der Waals surface area contributed by atoms with Crippen LogP contribution in [0.2, 0.25) is 0 Å². The van der Waals surface area contributed by atoms with Gasteiger partial charge < -0.3 is 0 Å². The zero-order chi connectivity index (χ0) is 12.5. The van der Waals surface area contributed by atoms with E-state index in [2.05, 4.69) is 74.5 Å². The molecule has 0 aromatic heterocycles. The molecule has 0 saturated heterocycles. The van der Waals surface area contributed by atoms with E-state index in [4.69, 9.17) is 0 Å². The Balaban J connectivity index is 2.27. The van der Waals surface area contributed by atoms with Crippen molar-refractivity contribution in [2.75, 3.05) is 0 Å². The van der Waals surface area contributed by atoms with Crippen LogP contribution >= 0.6 is 0 Å². The van der Waals surface area contributed by atoms with E-state index in [9.17, 15) is 0 Å². The summed E-state index contributed by atoms with van der Waals surface area (Å²) in [5, 5.41) is 2.66. The maximum atomic E-state index is 2.25. The molecule has 0 heterocycles. The predicted octanol–water partition coefficient (Wildman–Crippen LogP) is 5.12. The third-order valence-electron chi connectivity index (χ3n) is 3.53. The standard InChI is InChI=1S/C18H16/c1-13-6-5-8-16(12-13)18-11-10-15-7-3-4-9-17(15)14(18)2/h3-12H,1-2H3. The molecule has 0 radical (unpaired) electrons. The zero-order valence-electron chi connectivity index (χ0n) is 10.8. The van der Waals surface area contributed by atoms with Crippen LogP contribution in [0.25, 0.3) is 21.9 Å². The molecule has 0 spiro atoms. The molecule has 0 nitrogen and oxygen atoms in total. The number of aryl methyl sites for hydroxylation is 2. The second kappa shape index (κ2) is 4.30. The Morgan fingerprint density at radius 3 is 2.39 bits per heavy atom. The molecule has 88 valence electrons. The van der Waals surface area contributed by atoms with Gasteiger partial charge in [-0.05, 0) is 41.3 Å². The van der Waals surface area contributed by atoms with Crippen LogP contribution in [-0.2, 0) is 0 Å².